The SMILES string of the molecule is CC(=O)c1ccc(SCC(C)(F)F)cc1. The van der Waals surface area contributed by atoms with Crippen molar-refractivity contribution in [1.29, 1.82) is 0 Å². The number of benzene rings is 1. The Morgan fingerprint density at radius 2 is 1.87 bits per heavy atom. The van der Waals surface area contributed by atoms with Gasteiger partial charge in [-0.15, -0.1) is 11.8 Å². The summed E-state index contributed by atoms with van der Waals surface area (Å²) < 4.78 is 25.1. The number of rotatable bonds is 4. The van der Waals surface area contributed by atoms with E-state index in [-0.39, 0.29) is 11.5 Å². The molecule has 0 unspecified atom stereocenters. The summed E-state index contributed by atoms with van der Waals surface area (Å²) in [6.07, 6.45) is 0. The third kappa shape index (κ3) is 4.42. The zero-order chi connectivity index (χ0) is 11.5. The lowest BCUT2D eigenvalue weighted by molar-refractivity contribution is 0.0492. The Balaban J connectivity index is 2.61. The molecule has 0 saturated heterocycles. The number of alkyl halides is 2. The van der Waals surface area contributed by atoms with Crippen molar-refractivity contribution in [2.24, 2.45) is 0 Å². The van der Waals surface area contributed by atoms with Gasteiger partial charge < -0.3 is 0 Å². The van der Waals surface area contributed by atoms with Gasteiger partial charge in [-0.3, -0.25) is 4.79 Å². The van der Waals surface area contributed by atoms with Crippen LogP contribution in [0.4, 0.5) is 8.78 Å². The molecule has 0 aliphatic carbocycles. The second-order valence-electron chi connectivity index (χ2n) is 3.44. The number of hydrogen-bond donors (Lipinski definition) is 0. The first-order valence-corrected chi connectivity index (χ1v) is 5.49. The fourth-order valence-corrected chi connectivity index (χ4v) is 1.74. The number of thioether (sulfide) groups is 1. The second-order valence-corrected chi connectivity index (χ2v) is 4.49. The molecule has 0 radical (unpaired) electrons. The number of Topliss-reactive ketones (excluding diaryl/α,β-unsaturated/α-hetero) is 1. The van der Waals surface area contributed by atoms with Gasteiger partial charge in [-0.05, 0) is 19.1 Å². The van der Waals surface area contributed by atoms with Crippen molar-refractivity contribution < 1.29 is 13.6 Å². The summed E-state index contributed by atoms with van der Waals surface area (Å²) in [6, 6.07) is 6.68. The van der Waals surface area contributed by atoms with E-state index in [9.17, 15) is 13.6 Å². The van der Waals surface area contributed by atoms with Gasteiger partial charge in [-0.2, -0.15) is 0 Å². The molecule has 0 aromatic heterocycles. The molecule has 82 valence electrons. The van der Waals surface area contributed by atoms with Crippen LogP contribution in [0.1, 0.15) is 24.2 Å². The van der Waals surface area contributed by atoms with E-state index >= 15 is 0 Å². The van der Waals surface area contributed by atoms with E-state index < -0.39 is 5.92 Å². The number of halogens is 2. The summed E-state index contributed by atoms with van der Waals surface area (Å²) in [4.78, 5) is 11.7. The molecule has 1 aromatic rings. The maximum atomic E-state index is 12.5. The number of carbonyl (C=O) groups is 1. The van der Waals surface area contributed by atoms with E-state index in [1.54, 1.807) is 24.3 Å². The summed E-state index contributed by atoms with van der Waals surface area (Å²) in [5.41, 5.74) is 0.600. The van der Waals surface area contributed by atoms with Crippen LogP contribution in [0.15, 0.2) is 29.2 Å². The maximum Gasteiger partial charge on any atom is 0.254 e. The topological polar surface area (TPSA) is 17.1 Å². The van der Waals surface area contributed by atoms with Gasteiger partial charge in [0.1, 0.15) is 0 Å². The zero-order valence-electron chi connectivity index (χ0n) is 8.59. The average Bonchev–Trinajstić information content (AvgIpc) is 2.14. The first-order valence-electron chi connectivity index (χ1n) is 4.50. The van der Waals surface area contributed by atoms with E-state index in [2.05, 4.69) is 0 Å². The van der Waals surface area contributed by atoms with E-state index in [0.717, 1.165) is 23.6 Å². The fourth-order valence-electron chi connectivity index (χ4n) is 0.996. The molecule has 4 heteroatoms. The molecule has 0 aliphatic heterocycles. The van der Waals surface area contributed by atoms with E-state index in [1.807, 2.05) is 0 Å². The van der Waals surface area contributed by atoms with Gasteiger partial charge in [0, 0.05) is 17.4 Å². The van der Waals surface area contributed by atoms with Crippen LogP contribution in [0.5, 0.6) is 0 Å². The zero-order valence-corrected chi connectivity index (χ0v) is 9.41. The Morgan fingerprint density at radius 1 is 1.33 bits per heavy atom. The highest BCUT2D eigenvalue weighted by atomic mass is 32.2. The van der Waals surface area contributed by atoms with Gasteiger partial charge in [-0.1, -0.05) is 12.1 Å². The lowest BCUT2D eigenvalue weighted by Gasteiger charge is -2.09. The predicted octanol–water partition coefficient (Wildman–Crippen LogP) is 3.64. The molecule has 1 nitrogen and oxygen atoms in total. The van der Waals surface area contributed by atoms with Crippen LogP contribution in [-0.2, 0) is 0 Å². The Morgan fingerprint density at radius 3 is 2.27 bits per heavy atom. The molecular weight excluding hydrogens is 218 g/mol. The predicted molar refractivity (Wildman–Crippen MR) is 57.8 cm³/mol. The molecule has 0 N–H and O–H groups in total. The van der Waals surface area contributed by atoms with Crippen molar-refractivity contribution >= 4 is 17.5 Å². The second kappa shape index (κ2) is 4.75. The smallest absolute Gasteiger partial charge is 0.254 e. The molecule has 0 amide bonds. The van der Waals surface area contributed by atoms with Gasteiger partial charge in [0.2, 0.25) is 0 Å². The van der Waals surface area contributed by atoms with Gasteiger partial charge in [0.05, 0.1) is 5.75 Å². The minimum absolute atomic E-state index is 0.0210. The van der Waals surface area contributed by atoms with Gasteiger partial charge in [0.25, 0.3) is 5.92 Å². The van der Waals surface area contributed by atoms with Crippen molar-refractivity contribution in [2.75, 3.05) is 5.75 Å². The van der Waals surface area contributed by atoms with Crippen LogP contribution < -0.4 is 0 Å². The molecule has 15 heavy (non-hydrogen) atoms. The Hall–Kier alpha value is -0.900. The third-order valence-electron chi connectivity index (χ3n) is 1.75. The summed E-state index contributed by atoms with van der Waals surface area (Å²) in [5.74, 6) is -2.93. The largest absolute Gasteiger partial charge is 0.295 e. The fraction of sp³-hybridized carbons (Fsp3) is 0.364. The van der Waals surface area contributed by atoms with Crippen LogP contribution in [-0.4, -0.2) is 17.5 Å². The molecule has 1 rings (SSSR count). The highest BCUT2D eigenvalue weighted by Crippen LogP contribution is 2.25. The normalized spacial score (nSPS) is 11.5. The van der Waals surface area contributed by atoms with Gasteiger partial charge in [-0.25, -0.2) is 8.78 Å². The number of ketones is 1. The lowest BCUT2D eigenvalue weighted by atomic mass is 10.2. The van der Waals surface area contributed by atoms with Crippen molar-refractivity contribution in [3.8, 4) is 0 Å². The third-order valence-corrected chi connectivity index (χ3v) is 3.01. The van der Waals surface area contributed by atoms with Crippen molar-refractivity contribution in [2.45, 2.75) is 24.7 Å². The quantitative estimate of drug-likeness (QED) is 0.580. The van der Waals surface area contributed by atoms with Crippen molar-refractivity contribution in [1.82, 2.24) is 0 Å². The first kappa shape index (κ1) is 12.2. The van der Waals surface area contributed by atoms with Crippen LogP contribution in [0.3, 0.4) is 0 Å². The number of carbonyl (C=O) groups excluding carboxylic acids is 1. The Kier molecular flexibility index (Phi) is 3.85. The summed E-state index contributed by atoms with van der Waals surface area (Å²) >= 11 is 1.09. The minimum Gasteiger partial charge on any atom is -0.295 e. The van der Waals surface area contributed by atoms with Crippen LogP contribution in [0.25, 0.3) is 0 Å². The van der Waals surface area contributed by atoms with Gasteiger partial charge >= 0.3 is 0 Å². The Labute approximate surface area is 91.9 Å². The van der Waals surface area contributed by atoms with Crippen LogP contribution in [0.2, 0.25) is 0 Å². The standard InChI is InChI=1S/C11H12F2OS/c1-8(14)9-3-5-10(6-4-9)15-7-11(2,12)13/h3-6H,7H2,1-2H3. The molecule has 0 heterocycles. The first-order chi connectivity index (χ1) is 6.88. The van der Waals surface area contributed by atoms with Gasteiger partial charge in [0.15, 0.2) is 5.78 Å². The summed E-state index contributed by atoms with van der Waals surface area (Å²) in [6.45, 7) is 2.37. The lowest BCUT2D eigenvalue weighted by Crippen LogP contribution is -2.12. The molecule has 0 fully saturated rings. The van der Waals surface area contributed by atoms with E-state index in [1.165, 1.54) is 6.92 Å². The molecule has 0 bridgehead atoms. The highest BCUT2D eigenvalue weighted by Gasteiger charge is 2.20. The molecule has 1 aromatic carbocycles. The maximum absolute atomic E-state index is 12.5. The monoisotopic (exact) mass is 230 g/mol. The number of hydrogen-bond acceptors (Lipinski definition) is 2. The molecule has 0 saturated carbocycles. The van der Waals surface area contributed by atoms with E-state index in [4.69, 9.17) is 0 Å². The van der Waals surface area contributed by atoms with E-state index in [0.29, 0.717) is 5.56 Å². The summed E-state index contributed by atoms with van der Waals surface area (Å²) in [7, 11) is 0. The molecule has 0 atom stereocenters. The highest BCUT2D eigenvalue weighted by molar-refractivity contribution is 7.99. The molecule has 0 spiro atoms. The summed E-state index contributed by atoms with van der Waals surface area (Å²) in [5, 5.41) is 0. The van der Waals surface area contributed by atoms with Crippen molar-refractivity contribution in [3.05, 3.63) is 29.8 Å². The average molecular weight is 230 g/mol. The van der Waals surface area contributed by atoms with Crippen LogP contribution in [0, 0.1) is 0 Å². The molecule has 0 aliphatic rings. The van der Waals surface area contributed by atoms with Crippen molar-refractivity contribution in [3.63, 3.8) is 0 Å². The Bertz CT molecular complexity index is 341. The minimum atomic E-state index is -2.66. The molecular formula is C11H12F2OS. The van der Waals surface area contributed by atoms with Crippen LogP contribution >= 0.6 is 11.8 Å².